The number of alkyl halides is 2. The minimum atomic E-state index is -0.352. The van der Waals surface area contributed by atoms with E-state index >= 15 is 0 Å². The Morgan fingerprint density at radius 1 is 0.391 bits per heavy atom. The summed E-state index contributed by atoms with van der Waals surface area (Å²) in [7, 11) is 0. The molecule has 372 valence electrons. The van der Waals surface area contributed by atoms with E-state index < -0.39 is 0 Å². The van der Waals surface area contributed by atoms with Gasteiger partial charge in [0.2, 0.25) is 0 Å². The largest absolute Gasteiger partial charge is 0.507 e. The second-order valence-electron chi connectivity index (χ2n) is 23.7. The van der Waals surface area contributed by atoms with E-state index in [1.165, 1.54) is 0 Å². The van der Waals surface area contributed by atoms with Crippen LogP contribution in [0.4, 0.5) is 0 Å². The molecule has 8 nitrogen and oxygen atoms in total. The standard InChI is InChI=1S/C59H78Cl2N4O4/c1-56(2,3)44-26-36(22-40(52(44)66)32-62-48-17-13-15-19-50(48)64-34-42-24-38(30-60)28-46(54(42)68)58(7,8)9)21-37-23-41(53(67)45(27-37)57(4,5)6)33-63-49-18-14-16-20-51(49)65-35-43-25-39(31-61)29-47(55(43)69)59(10,11)12/h22-29,32-35,48-51,66-69H,13-21,30-31H2,1-12H3/t48-,49-,50-,51-/m1/s1. The van der Waals surface area contributed by atoms with Crippen molar-refractivity contribution in [3.8, 4) is 23.0 Å². The smallest absolute Gasteiger partial charge is 0.128 e. The van der Waals surface area contributed by atoms with E-state index in [1.54, 1.807) is 12.4 Å². The molecule has 2 fully saturated rings. The first-order valence-electron chi connectivity index (χ1n) is 25.0. The maximum atomic E-state index is 11.8. The second-order valence-corrected chi connectivity index (χ2v) is 24.3. The molecule has 2 aliphatic carbocycles. The van der Waals surface area contributed by atoms with Gasteiger partial charge in [0.1, 0.15) is 23.0 Å². The number of hydrogen-bond donors (Lipinski definition) is 4. The third-order valence-electron chi connectivity index (χ3n) is 13.8. The van der Waals surface area contributed by atoms with E-state index in [4.69, 9.17) is 43.2 Å². The fraction of sp³-hybridized carbons (Fsp3) is 0.525. The summed E-state index contributed by atoms with van der Waals surface area (Å²) >= 11 is 12.6. The highest BCUT2D eigenvalue weighted by atomic mass is 35.5. The highest BCUT2D eigenvalue weighted by Crippen LogP contribution is 2.40. The summed E-state index contributed by atoms with van der Waals surface area (Å²) < 4.78 is 0. The van der Waals surface area contributed by atoms with Crippen LogP contribution in [0.1, 0.15) is 201 Å². The minimum Gasteiger partial charge on any atom is -0.507 e. The predicted molar refractivity (Wildman–Crippen MR) is 292 cm³/mol. The first-order chi connectivity index (χ1) is 32.3. The number of halogens is 2. The van der Waals surface area contributed by atoms with Crippen LogP contribution < -0.4 is 0 Å². The lowest BCUT2D eigenvalue weighted by Crippen LogP contribution is -2.27. The molecule has 4 atom stereocenters. The van der Waals surface area contributed by atoms with Gasteiger partial charge >= 0.3 is 0 Å². The third kappa shape index (κ3) is 13.4. The Morgan fingerprint density at radius 3 is 0.826 bits per heavy atom. The van der Waals surface area contributed by atoms with Crippen molar-refractivity contribution < 1.29 is 20.4 Å². The van der Waals surface area contributed by atoms with Crippen molar-refractivity contribution in [1.82, 2.24) is 0 Å². The molecule has 4 aromatic carbocycles. The maximum absolute atomic E-state index is 11.8. The number of phenolic OH excluding ortho intramolecular Hbond substituents is 4. The van der Waals surface area contributed by atoms with Crippen LogP contribution in [0.2, 0.25) is 0 Å². The Labute approximate surface area is 423 Å². The molecule has 6 rings (SSSR count). The van der Waals surface area contributed by atoms with Crippen molar-refractivity contribution in [3.63, 3.8) is 0 Å². The van der Waals surface area contributed by atoms with E-state index in [2.05, 4.69) is 95.2 Å². The van der Waals surface area contributed by atoms with Gasteiger partial charge in [0, 0.05) is 81.1 Å². The molecule has 0 amide bonds. The van der Waals surface area contributed by atoms with Crippen LogP contribution in [0.5, 0.6) is 23.0 Å². The van der Waals surface area contributed by atoms with Crippen LogP contribution in [-0.2, 0) is 39.8 Å². The van der Waals surface area contributed by atoms with Crippen molar-refractivity contribution in [1.29, 1.82) is 0 Å². The van der Waals surface area contributed by atoms with Crippen molar-refractivity contribution >= 4 is 48.1 Å². The molecule has 0 heterocycles. The fourth-order valence-corrected chi connectivity index (χ4v) is 10.0. The molecule has 0 saturated heterocycles. The number of nitrogens with zero attached hydrogens (tertiary/aromatic N) is 4. The highest BCUT2D eigenvalue weighted by molar-refractivity contribution is 6.17. The van der Waals surface area contributed by atoms with Gasteiger partial charge in [0.15, 0.2) is 0 Å². The van der Waals surface area contributed by atoms with E-state index in [0.717, 1.165) is 95.9 Å². The average Bonchev–Trinajstić information content (AvgIpc) is 3.27. The maximum Gasteiger partial charge on any atom is 0.128 e. The molecule has 4 N–H and O–H groups in total. The van der Waals surface area contributed by atoms with E-state index in [1.807, 2.05) is 48.8 Å². The summed E-state index contributed by atoms with van der Waals surface area (Å²) in [5, 5.41) is 46.2. The zero-order valence-electron chi connectivity index (χ0n) is 43.3. The van der Waals surface area contributed by atoms with Gasteiger partial charge in [-0.1, -0.05) is 133 Å². The number of rotatable bonds is 12. The highest BCUT2D eigenvalue weighted by Gasteiger charge is 2.29. The number of hydrogen-bond acceptors (Lipinski definition) is 8. The average molecular weight is 978 g/mol. The van der Waals surface area contributed by atoms with Crippen LogP contribution >= 0.6 is 23.2 Å². The van der Waals surface area contributed by atoms with Gasteiger partial charge in [0.25, 0.3) is 0 Å². The zero-order chi connectivity index (χ0) is 50.6. The van der Waals surface area contributed by atoms with Crippen LogP contribution in [0.15, 0.2) is 68.5 Å². The third-order valence-corrected chi connectivity index (χ3v) is 14.4. The number of aromatic hydroxyl groups is 4. The molecule has 0 unspecified atom stereocenters. The number of aliphatic imine (C=N–C) groups is 4. The molecule has 69 heavy (non-hydrogen) atoms. The van der Waals surface area contributed by atoms with Gasteiger partial charge in [-0.05, 0) is 100 Å². The van der Waals surface area contributed by atoms with Crippen LogP contribution in [0.3, 0.4) is 0 Å². The van der Waals surface area contributed by atoms with Crippen molar-refractivity contribution in [2.45, 2.75) is 198 Å². The topological polar surface area (TPSA) is 130 Å². The molecular weight excluding hydrogens is 900 g/mol. The second kappa shape index (κ2) is 21.8. The summed E-state index contributed by atoms with van der Waals surface area (Å²) in [6.07, 6.45) is 15.5. The van der Waals surface area contributed by atoms with E-state index in [-0.39, 0.29) is 68.8 Å². The first kappa shape index (κ1) is 53.7. The van der Waals surface area contributed by atoms with Crippen LogP contribution in [0.25, 0.3) is 0 Å². The molecule has 0 aromatic heterocycles. The van der Waals surface area contributed by atoms with Gasteiger partial charge in [-0.2, -0.15) is 0 Å². The molecule has 4 aromatic rings. The lowest BCUT2D eigenvalue weighted by Gasteiger charge is -2.27. The molecule has 2 saturated carbocycles. The van der Waals surface area contributed by atoms with Crippen molar-refractivity contribution in [3.05, 3.63) is 115 Å². The summed E-state index contributed by atoms with van der Waals surface area (Å²) in [4.78, 5) is 20.3. The monoisotopic (exact) mass is 977 g/mol. The lowest BCUT2D eigenvalue weighted by atomic mass is 9.82. The Kier molecular flexibility index (Phi) is 16.9. The summed E-state index contributed by atoms with van der Waals surface area (Å²) in [5.74, 6) is 1.59. The SMILES string of the molecule is CC(C)(C)c1cc(CCl)cc(C=N[C@@H]2CCCC[C@H]2N=Cc2cc(Cc3cc(C=N[C@@H]4CCCC[C@H]4N=Cc4cc(CCl)cc(C(C)(C)C)c4O)c(O)c(C(C)(C)C)c3)cc(C(C)(C)C)c2O)c1O. The predicted octanol–water partition coefficient (Wildman–Crippen LogP) is 14.5. The Morgan fingerprint density at radius 2 is 0.609 bits per heavy atom. The normalized spacial score (nSPS) is 20.0. The zero-order valence-corrected chi connectivity index (χ0v) is 44.9. The summed E-state index contributed by atoms with van der Waals surface area (Å²) in [6, 6.07) is 15.7. The quantitative estimate of drug-likeness (QED) is 0.0832. The molecule has 0 spiro atoms. The Hall–Kier alpha value is -4.66. The van der Waals surface area contributed by atoms with E-state index in [0.29, 0.717) is 40.4 Å². The van der Waals surface area contributed by atoms with E-state index in [9.17, 15) is 20.4 Å². The number of benzene rings is 4. The molecular formula is C59H78Cl2N4O4. The summed E-state index contributed by atoms with van der Waals surface area (Å²) in [6.45, 7) is 25.1. The molecule has 2 aliphatic rings. The lowest BCUT2D eigenvalue weighted by molar-refractivity contribution is 0.390. The van der Waals surface area contributed by atoms with Gasteiger partial charge in [-0.25, -0.2) is 0 Å². The molecule has 0 radical (unpaired) electrons. The van der Waals surface area contributed by atoms with Crippen LogP contribution in [-0.4, -0.2) is 69.5 Å². The fourth-order valence-electron chi connectivity index (χ4n) is 9.73. The Bertz CT molecular complexity index is 2410. The van der Waals surface area contributed by atoms with Crippen LogP contribution in [0, 0.1) is 0 Å². The molecule has 0 aliphatic heterocycles. The molecule has 0 bridgehead atoms. The number of phenols is 4. The summed E-state index contributed by atoms with van der Waals surface area (Å²) in [5.41, 5.74) is 8.68. The van der Waals surface area contributed by atoms with Gasteiger partial charge in [-0.15, -0.1) is 23.2 Å². The van der Waals surface area contributed by atoms with Gasteiger partial charge < -0.3 is 20.4 Å². The Balaban J connectivity index is 1.31. The molecule has 10 heteroatoms. The van der Waals surface area contributed by atoms with Gasteiger partial charge in [0.05, 0.1) is 24.2 Å². The van der Waals surface area contributed by atoms with Gasteiger partial charge in [-0.3, -0.25) is 20.0 Å². The first-order valence-corrected chi connectivity index (χ1v) is 26.1. The minimum absolute atomic E-state index is 0.0775. The van der Waals surface area contributed by atoms with Crippen molar-refractivity contribution in [2.24, 2.45) is 20.0 Å². The van der Waals surface area contributed by atoms with Crippen molar-refractivity contribution in [2.75, 3.05) is 0 Å².